The first-order chi connectivity index (χ1) is 16.3. The molecule has 0 amide bonds. The summed E-state index contributed by atoms with van der Waals surface area (Å²) in [6.45, 7) is 12.0. The van der Waals surface area contributed by atoms with Crippen LogP contribution in [0.25, 0.3) is 0 Å². The van der Waals surface area contributed by atoms with E-state index in [-0.39, 0.29) is 5.97 Å². The van der Waals surface area contributed by atoms with Crippen LogP contribution in [0.4, 0.5) is 0 Å². The van der Waals surface area contributed by atoms with Crippen LogP contribution in [0.5, 0.6) is 0 Å². The molecule has 4 aromatic rings. The number of benzene rings is 4. The average molecular weight is 457 g/mol. The van der Waals surface area contributed by atoms with Gasteiger partial charge in [0.1, 0.15) is 0 Å². The Morgan fingerprint density at radius 1 is 0.500 bits per heavy atom. The third-order valence-corrected chi connectivity index (χ3v) is 4.11. The first-order valence-corrected chi connectivity index (χ1v) is 11.5. The number of ether oxygens (including phenoxy) is 1. The Kier molecular flexibility index (Phi) is 18.9. The molecule has 180 valence electrons. The van der Waals surface area contributed by atoms with Gasteiger partial charge in [-0.05, 0) is 34.6 Å². The number of esters is 1. The summed E-state index contributed by atoms with van der Waals surface area (Å²) >= 11 is 0. The fraction of sp³-hybridized carbons (Fsp3) is 0.219. The van der Waals surface area contributed by atoms with Crippen molar-refractivity contribution >= 4 is 5.97 Å². The number of carbonyl (C=O) groups is 1. The van der Waals surface area contributed by atoms with Gasteiger partial charge in [0, 0.05) is 6.92 Å². The number of carbonyl (C=O) groups excluding carboxylic acids is 1. The van der Waals surface area contributed by atoms with Gasteiger partial charge >= 0.3 is 5.97 Å². The molecule has 0 spiro atoms. The standard InChI is InChI=1S/4C7H8.C4H8O2/c4*1-7-5-3-2-4-6-7;1-3-6-4(2)5/h4*2-6H,1H3;3H2,1-2H3. The van der Waals surface area contributed by atoms with Crippen LogP contribution < -0.4 is 0 Å². The summed E-state index contributed by atoms with van der Waals surface area (Å²) in [5.74, 6) is -0.211. The molecular weight excluding hydrogens is 416 g/mol. The molecule has 0 radical (unpaired) electrons. The lowest BCUT2D eigenvalue weighted by Crippen LogP contribution is -1.95. The van der Waals surface area contributed by atoms with Gasteiger partial charge < -0.3 is 4.74 Å². The van der Waals surface area contributed by atoms with Crippen LogP contribution in [-0.4, -0.2) is 12.6 Å². The molecule has 0 atom stereocenters. The maximum absolute atomic E-state index is 9.82. The van der Waals surface area contributed by atoms with Crippen molar-refractivity contribution in [3.8, 4) is 0 Å². The molecule has 0 aliphatic rings. The number of hydrogen-bond acceptors (Lipinski definition) is 2. The van der Waals surface area contributed by atoms with Crippen LogP contribution in [0.3, 0.4) is 0 Å². The third-order valence-electron chi connectivity index (χ3n) is 4.11. The molecule has 0 saturated carbocycles. The lowest BCUT2D eigenvalue weighted by atomic mass is 10.2. The van der Waals surface area contributed by atoms with E-state index in [9.17, 15) is 4.79 Å². The van der Waals surface area contributed by atoms with Crippen LogP contribution in [0.1, 0.15) is 36.1 Å². The second-order valence-corrected chi connectivity index (χ2v) is 7.54. The van der Waals surface area contributed by atoms with E-state index < -0.39 is 0 Å². The Hall–Kier alpha value is -3.65. The van der Waals surface area contributed by atoms with Gasteiger partial charge in [0.15, 0.2) is 0 Å². The zero-order valence-corrected chi connectivity index (χ0v) is 21.6. The van der Waals surface area contributed by atoms with Crippen LogP contribution >= 0.6 is 0 Å². The van der Waals surface area contributed by atoms with E-state index in [2.05, 4.69) is 81.0 Å². The monoisotopic (exact) mass is 456 g/mol. The Bertz CT molecular complexity index is 801. The van der Waals surface area contributed by atoms with Crippen LogP contribution in [0.15, 0.2) is 121 Å². The van der Waals surface area contributed by atoms with Gasteiger partial charge in [-0.15, -0.1) is 0 Å². The summed E-state index contributed by atoms with van der Waals surface area (Å²) < 4.78 is 4.40. The molecule has 0 aromatic heterocycles. The molecular formula is C32H40O2. The van der Waals surface area contributed by atoms with Crippen molar-refractivity contribution in [2.45, 2.75) is 41.5 Å². The highest BCUT2D eigenvalue weighted by molar-refractivity contribution is 5.65. The highest BCUT2D eigenvalue weighted by Gasteiger charge is 1.81. The first kappa shape index (κ1) is 30.4. The molecule has 0 N–H and O–H groups in total. The molecule has 4 rings (SSSR count). The normalized spacial score (nSPS) is 8.53. The largest absolute Gasteiger partial charge is 0.466 e. The Balaban J connectivity index is 0.000000401. The smallest absolute Gasteiger partial charge is 0.302 e. The maximum Gasteiger partial charge on any atom is 0.302 e. The van der Waals surface area contributed by atoms with Gasteiger partial charge in [-0.2, -0.15) is 0 Å². The highest BCUT2D eigenvalue weighted by atomic mass is 16.5. The lowest BCUT2D eigenvalue weighted by Gasteiger charge is -1.89. The van der Waals surface area contributed by atoms with Crippen molar-refractivity contribution in [3.05, 3.63) is 144 Å². The van der Waals surface area contributed by atoms with Crippen molar-refractivity contribution in [1.29, 1.82) is 0 Å². The molecule has 4 aromatic carbocycles. The Morgan fingerprint density at radius 2 is 0.706 bits per heavy atom. The van der Waals surface area contributed by atoms with Gasteiger partial charge in [-0.3, -0.25) is 4.79 Å². The fourth-order valence-electron chi connectivity index (χ4n) is 2.34. The molecule has 0 aliphatic heterocycles. The van der Waals surface area contributed by atoms with Crippen molar-refractivity contribution in [2.24, 2.45) is 0 Å². The molecule has 2 heteroatoms. The summed E-state index contributed by atoms with van der Waals surface area (Å²) in [4.78, 5) is 9.82. The molecule has 0 saturated heterocycles. The summed E-state index contributed by atoms with van der Waals surface area (Å²) in [7, 11) is 0. The zero-order valence-electron chi connectivity index (χ0n) is 21.6. The summed E-state index contributed by atoms with van der Waals surface area (Å²) in [6.07, 6.45) is 0. The van der Waals surface area contributed by atoms with E-state index in [0.29, 0.717) is 6.61 Å². The molecule has 34 heavy (non-hydrogen) atoms. The van der Waals surface area contributed by atoms with Gasteiger partial charge in [0.25, 0.3) is 0 Å². The van der Waals surface area contributed by atoms with Gasteiger partial charge in [-0.25, -0.2) is 0 Å². The highest BCUT2D eigenvalue weighted by Crippen LogP contribution is 1.94. The predicted molar refractivity (Wildman–Crippen MR) is 147 cm³/mol. The molecule has 0 fully saturated rings. The molecule has 2 nitrogen and oxygen atoms in total. The summed E-state index contributed by atoms with van der Waals surface area (Å²) in [5.41, 5.74) is 5.29. The van der Waals surface area contributed by atoms with Crippen molar-refractivity contribution < 1.29 is 9.53 Å². The third kappa shape index (κ3) is 21.6. The molecule has 0 unspecified atom stereocenters. The Labute approximate surface area is 207 Å². The number of hydrogen-bond donors (Lipinski definition) is 0. The fourth-order valence-corrected chi connectivity index (χ4v) is 2.34. The van der Waals surface area contributed by atoms with Gasteiger partial charge in [0.2, 0.25) is 0 Å². The van der Waals surface area contributed by atoms with E-state index in [0.717, 1.165) is 0 Å². The lowest BCUT2D eigenvalue weighted by molar-refractivity contribution is -0.140. The SMILES string of the molecule is CCOC(C)=O.Cc1ccccc1.Cc1ccccc1.Cc1ccccc1.Cc1ccccc1. The van der Waals surface area contributed by atoms with Gasteiger partial charge in [0.05, 0.1) is 6.61 Å². The van der Waals surface area contributed by atoms with E-state index in [4.69, 9.17) is 0 Å². The minimum absolute atomic E-state index is 0.211. The number of aryl methyl sites for hydroxylation is 4. The second-order valence-electron chi connectivity index (χ2n) is 7.54. The molecule has 0 heterocycles. The summed E-state index contributed by atoms with van der Waals surface area (Å²) in [5, 5.41) is 0. The average Bonchev–Trinajstić information content (AvgIpc) is 2.83. The predicted octanol–water partition coefficient (Wildman–Crippen LogP) is 8.55. The molecule has 0 aliphatic carbocycles. The topological polar surface area (TPSA) is 26.3 Å². The van der Waals surface area contributed by atoms with Crippen molar-refractivity contribution in [1.82, 2.24) is 0 Å². The minimum Gasteiger partial charge on any atom is -0.466 e. The van der Waals surface area contributed by atoms with Crippen molar-refractivity contribution in [2.75, 3.05) is 6.61 Å². The minimum atomic E-state index is -0.211. The molecule has 0 bridgehead atoms. The maximum atomic E-state index is 9.82. The van der Waals surface area contributed by atoms with E-state index in [1.54, 1.807) is 6.92 Å². The van der Waals surface area contributed by atoms with E-state index in [1.807, 2.05) is 72.8 Å². The quantitative estimate of drug-likeness (QED) is 0.268. The Morgan fingerprint density at radius 3 is 0.765 bits per heavy atom. The second kappa shape index (κ2) is 21.2. The van der Waals surface area contributed by atoms with E-state index >= 15 is 0 Å². The first-order valence-electron chi connectivity index (χ1n) is 11.5. The van der Waals surface area contributed by atoms with Crippen LogP contribution in [0, 0.1) is 27.7 Å². The van der Waals surface area contributed by atoms with Gasteiger partial charge in [-0.1, -0.05) is 144 Å². The van der Waals surface area contributed by atoms with Crippen LogP contribution in [-0.2, 0) is 9.53 Å². The zero-order chi connectivity index (χ0) is 25.4. The van der Waals surface area contributed by atoms with Crippen LogP contribution in [0.2, 0.25) is 0 Å². The number of rotatable bonds is 1. The van der Waals surface area contributed by atoms with Crippen molar-refractivity contribution in [3.63, 3.8) is 0 Å². The summed E-state index contributed by atoms with van der Waals surface area (Å²) in [6, 6.07) is 41.0. The van der Waals surface area contributed by atoms with E-state index in [1.165, 1.54) is 29.2 Å².